The Hall–Kier alpha value is -1.58. The van der Waals surface area contributed by atoms with Gasteiger partial charge in [-0.25, -0.2) is 9.78 Å². The molecule has 4 nitrogen and oxygen atoms in total. The molecule has 19 heavy (non-hydrogen) atoms. The summed E-state index contributed by atoms with van der Waals surface area (Å²) in [5.74, 6) is 1.06. The Morgan fingerprint density at radius 3 is 2.68 bits per heavy atom. The minimum atomic E-state index is -0.924. The summed E-state index contributed by atoms with van der Waals surface area (Å²) in [6, 6.07) is 3.35. The third-order valence-corrected chi connectivity index (χ3v) is 3.96. The molecule has 1 aliphatic rings. The fourth-order valence-corrected chi connectivity index (χ4v) is 2.64. The van der Waals surface area contributed by atoms with Crippen LogP contribution >= 0.6 is 0 Å². The number of aryl methyl sites for hydroxylation is 1. The van der Waals surface area contributed by atoms with Crippen LogP contribution in [-0.4, -0.2) is 22.6 Å². The van der Waals surface area contributed by atoms with E-state index in [2.05, 4.69) is 17.2 Å². The predicted octanol–water partition coefficient (Wildman–Crippen LogP) is 3.33. The number of aromatic carboxylic acids is 1. The maximum atomic E-state index is 11.1. The normalized spacial score (nSPS) is 23.1. The van der Waals surface area contributed by atoms with Crippen LogP contribution in [0.4, 0.5) is 5.82 Å². The Balaban J connectivity index is 1.98. The Kier molecular flexibility index (Phi) is 4.40. The van der Waals surface area contributed by atoms with Crippen LogP contribution in [0.5, 0.6) is 0 Å². The lowest BCUT2D eigenvalue weighted by Crippen LogP contribution is -2.21. The minimum absolute atomic E-state index is 0.259. The lowest BCUT2D eigenvalue weighted by Gasteiger charge is -2.26. The first-order valence-electron chi connectivity index (χ1n) is 7.01. The zero-order chi connectivity index (χ0) is 13.8. The van der Waals surface area contributed by atoms with Crippen molar-refractivity contribution in [1.29, 1.82) is 0 Å². The molecule has 0 atom stereocenters. The van der Waals surface area contributed by atoms with Gasteiger partial charge in [-0.2, -0.15) is 0 Å². The van der Waals surface area contributed by atoms with Crippen LogP contribution in [-0.2, 0) is 0 Å². The number of anilines is 1. The summed E-state index contributed by atoms with van der Waals surface area (Å²) < 4.78 is 0. The zero-order valence-electron chi connectivity index (χ0n) is 11.6. The predicted molar refractivity (Wildman–Crippen MR) is 75.5 cm³/mol. The number of hydrogen-bond donors (Lipinski definition) is 2. The molecule has 0 amide bonds. The average molecular weight is 262 g/mol. The van der Waals surface area contributed by atoms with Gasteiger partial charge in [-0.15, -0.1) is 0 Å². The van der Waals surface area contributed by atoms with Crippen molar-refractivity contribution in [3.05, 3.63) is 23.4 Å². The molecule has 0 saturated heterocycles. The summed E-state index contributed by atoms with van der Waals surface area (Å²) in [6.45, 7) is 5.00. The van der Waals surface area contributed by atoms with Crippen LogP contribution in [0, 0.1) is 18.8 Å². The van der Waals surface area contributed by atoms with E-state index in [4.69, 9.17) is 5.11 Å². The van der Waals surface area contributed by atoms with Crippen molar-refractivity contribution in [3.8, 4) is 0 Å². The highest BCUT2D eigenvalue weighted by Gasteiger charge is 2.19. The summed E-state index contributed by atoms with van der Waals surface area (Å²) in [7, 11) is 0. The fraction of sp³-hybridized carbons (Fsp3) is 0.600. The van der Waals surface area contributed by atoms with E-state index in [0.717, 1.165) is 18.2 Å². The highest BCUT2D eigenvalue weighted by molar-refractivity contribution is 5.93. The van der Waals surface area contributed by atoms with E-state index in [-0.39, 0.29) is 5.56 Å². The van der Waals surface area contributed by atoms with Gasteiger partial charge in [0, 0.05) is 12.2 Å². The second-order valence-corrected chi connectivity index (χ2v) is 5.66. The molecule has 1 aliphatic carbocycles. The van der Waals surface area contributed by atoms with Crippen molar-refractivity contribution < 1.29 is 9.90 Å². The molecule has 1 aromatic rings. The van der Waals surface area contributed by atoms with E-state index in [9.17, 15) is 4.79 Å². The molecule has 0 radical (unpaired) electrons. The van der Waals surface area contributed by atoms with Crippen molar-refractivity contribution in [2.45, 2.75) is 39.5 Å². The molecular weight excluding hydrogens is 240 g/mol. The number of hydrogen-bond acceptors (Lipinski definition) is 3. The molecule has 0 unspecified atom stereocenters. The van der Waals surface area contributed by atoms with Gasteiger partial charge in [-0.1, -0.05) is 19.8 Å². The zero-order valence-corrected chi connectivity index (χ0v) is 11.6. The van der Waals surface area contributed by atoms with E-state index in [1.807, 2.05) is 6.92 Å². The number of carboxylic acid groups (broad SMARTS) is 1. The molecule has 1 fully saturated rings. The molecule has 0 spiro atoms. The summed E-state index contributed by atoms with van der Waals surface area (Å²) >= 11 is 0. The molecule has 1 heterocycles. The van der Waals surface area contributed by atoms with Crippen LogP contribution in [0.1, 0.15) is 48.7 Å². The minimum Gasteiger partial charge on any atom is -0.478 e. The van der Waals surface area contributed by atoms with Crippen molar-refractivity contribution >= 4 is 11.8 Å². The number of carbonyl (C=O) groups is 1. The van der Waals surface area contributed by atoms with Crippen LogP contribution < -0.4 is 5.32 Å². The highest BCUT2D eigenvalue weighted by Crippen LogP contribution is 2.28. The Labute approximate surface area is 114 Å². The first kappa shape index (κ1) is 13.8. The van der Waals surface area contributed by atoms with Crippen LogP contribution in [0.2, 0.25) is 0 Å². The largest absolute Gasteiger partial charge is 0.478 e. The maximum Gasteiger partial charge on any atom is 0.339 e. The van der Waals surface area contributed by atoms with Crippen molar-refractivity contribution in [2.75, 3.05) is 11.9 Å². The topological polar surface area (TPSA) is 62.2 Å². The van der Waals surface area contributed by atoms with Crippen LogP contribution in [0.15, 0.2) is 12.1 Å². The molecule has 4 heteroatoms. The number of aromatic nitrogens is 1. The molecule has 1 saturated carbocycles. The van der Waals surface area contributed by atoms with Gasteiger partial charge in [-0.3, -0.25) is 0 Å². The van der Waals surface area contributed by atoms with Gasteiger partial charge < -0.3 is 10.4 Å². The van der Waals surface area contributed by atoms with Gasteiger partial charge in [0.2, 0.25) is 0 Å². The van der Waals surface area contributed by atoms with Gasteiger partial charge in [0.05, 0.1) is 0 Å². The molecule has 104 valence electrons. The molecule has 0 bridgehead atoms. The number of nitrogens with zero attached hydrogens (tertiary/aromatic N) is 1. The standard InChI is InChI=1S/C15H22N2O2/c1-10-3-6-12(7-4-10)9-16-14-13(15(18)19)8-5-11(2)17-14/h5,8,10,12H,3-4,6-7,9H2,1-2H3,(H,16,17)(H,18,19). The van der Waals surface area contributed by atoms with Gasteiger partial charge >= 0.3 is 5.97 Å². The van der Waals surface area contributed by atoms with E-state index >= 15 is 0 Å². The highest BCUT2D eigenvalue weighted by atomic mass is 16.4. The fourth-order valence-electron chi connectivity index (χ4n) is 2.64. The molecular formula is C15H22N2O2. The van der Waals surface area contributed by atoms with Gasteiger partial charge in [-0.05, 0) is 43.7 Å². The first-order chi connectivity index (χ1) is 9.06. The third-order valence-electron chi connectivity index (χ3n) is 3.96. The van der Waals surface area contributed by atoms with Crippen LogP contribution in [0.3, 0.4) is 0 Å². The van der Waals surface area contributed by atoms with Crippen LogP contribution in [0.25, 0.3) is 0 Å². The molecule has 0 aliphatic heterocycles. The van der Waals surface area contributed by atoms with Crippen molar-refractivity contribution in [1.82, 2.24) is 4.98 Å². The maximum absolute atomic E-state index is 11.1. The lowest BCUT2D eigenvalue weighted by molar-refractivity contribution is 0.0697. The number of nitrogens with one attached hydrogen (secondary N) is 1. The summed E-state index contributed by atoms with van der Waals surface area (Å²) in [5, 5.41) is 12.4. The summed E-state index contributed by atoms with van der Waals surface area (Å²) in [5.41, 5.74) is 1.10. The SMILES string of the molecule is Cc1ccc(C(=O)O)c(NCC2CCC(C)CC2)n1. The smallest absolute Gasteiger partial charge is 0.339 e. The average Bonchev–Trinajstić information content (AvgIpc) is 2.38. The summed E-state index contributed by atoms with van der Waals surface area (Å²) in [6.07, 6.45) is 5.00. The molecule has 2 N–H and O–H groups in total. The number of carboxylic acids is 1. The quantitative estimate of drug-likeness (QED) is 0.873. The van der Waals surface area contributed by atoms with E-state index < -0.39 is 5.97 Å². The van der Waals surface area contributed by atoms with Gasteiger partial charge in [0.15, 0.2) is 0 Å². The van der Waals surface area contributed by atoms with E-state index in [0.29, 0.717) is 11.7 Å². The number of rotatable bonds is 4. The van der Waals surface area contributed by atoms with E-state index in [1.54, 1.807) is 12.1 Å². The Bertz CT molecular complexity index is 451. The van der Waals surface area contributed by atoms with E-state index in [1.165, 1.54) is 25.7 Å². The van der Waals surface area contributed by atoms with Crippen molar-refractivity contribution in [3.63, 3.8) is 0 Å². The molecule has 2 rings (SSSR count). The van der Waals surface area contributed by atoms with Gasteiger partial charge in [0.1, 0.15) is 11.4 Å². The third kappa shape index (κ3) is 3.69. The van der Waals surface area contributed by atoms with Crippen molar-refractivity contribution in [2.24, 2.45) is 11.8 Å². The van der Waals surface area contributed by atoms with Gasteiger partial charge in [0.25, 0.3) is 0 Å². The lowest BCUT2D eigenvalue weighted by atomic mass is 9.83. The second kappa shape index (κ2) is 6.04. The Morgan fingerprint density at radius 2 is 2.05 bits per heavy atom. The molecule has 0 aromatic carbocycles. The first-order valence-corrected chi connectivity index (χ1v) is 7.01. The number of pyridine rings is 1. The molecule has 1 aromatic heterocycles. The second-order valence-electron chi connectivity index (χ2n) is 5.66. The Morgan fingerprint density at radius 1 is 1.37 bits per heavy atom. The monoisotopic (exact) mass is 262 g/mol. The summed E-state index contributed by atoms with van der Waals surface area (Å²) in [4.78, 5) is 15.4.